The first-order chi connectivity index (χ1) is 10.2. The number of nitrogens with zero attached hydrogens (tertiary/aromatic N) is 2. The minimum absolute atomic E-state index is 0.0158. The van der Waals surface area contributed by atoms with Crippen molar-refractivity contribution in [3.63, 3.8) is 0 Å². The molecule has 1 aromatic heterocycles. The number of nitrogen functional groups attached to an aromatic ring is 1. The number of methoxy groups -OCH3 is 1. The van der Waals surface area contributed by atoms with Crippen molar-refractivity contribution >= 4 is 11.8 Å². The first-order valence-electron chi connectivity index (χ1n) is 7.25. The summed E-state index contributed by atoms with van der Waals surface area (Å²) in [7, 11) is 1.35. The highest BCUT2D eigenvalue weighted by atomic mass is 16.5. The van der Waals surface area contributed by atoms with E-state index in [1.165, 1.54) is 7.11 Å². The second-order valence-electron chi connectivity index (χ2n) is 6.69. The van der Waals surface area contributed by atoms with Gasteiger partial charge in [0.05, 0.1) is 12.8 Å². The van der Waals surface area contributed by atoms with Crippen molar-refractivity contribution in [2.45, 2.75) is 34.1 Å². The van der Waals surface area contributed by atoms with Gasteiger partial charge in [0.2, 0.25) is 0 Å². The lowest BCUT2D eigenvalue weighted by Crippen LogP contribution is -2.14. The molecule has 1 heterocycles. The van der Waals surface area contributed by atoms with E-state index in [0.717, 1.165) is 16.8 Å². The van der Waals surface area contributed by atoms with Gasteiger partial charge in [0.1, 0.15) is 5.82 Å². The summed E-state index contributed by atoms with van der Waals surface area (Å²) in [6, 6.07) is 7.83. The quantitative estimate of drug-likeness (QED) is 0.884. The van der Waals surface area contributed by atoms with Gasteiger partial charge in [0.15, 0.2) is 5.69 Å². The first-order valence-corrected chi connectivity index (χ1v) is 7.25. The number of rotatable bonds is 3. The standard InChI is InChI=1S/C17H23N3O2/c1-11-6-8-12(9-7-11)20-15(18)13(10-17(2,3)4)14(19-20)16(21)22-5/h6-9H,10,18H2,1-5H3. The average Bonchev–Trinajstić information content (AvgIpc) is 2.75. The van der Waals surface area contributed by atoms with Crippen LogP contribution in [0.15, 0.2) is 24.3 Å². The molecular weight excluding hydrogens is 278 g/mol. The third kappa shape index (κ3) is 3.30. The van der Waals surface area contributed by atoms with Crippen LogP contribution in [0.4, 0.5) is 5.82 Å². The predicted molar refractivity (Wildman–Crippen MR) is 87.2 cm³/mol. The van der Waals surface area contributed by atoms with Gasteiger partial charge in [0, 0.05) is 5.56 Å². The topological polar surface area (TPSA) is 70.1 Å². The van der Waals surface area contributed by atoms with Crippen LogP contribution in [0, 0.1) is 12.3 Å². The molecule has 2 aromatic rings. The molecule has 0 unspecified atom stereocenters. The van der Waals surface area contributed by atoms with Crippen molar-refractivity contribution < 1.29 is 9.53 Å². The number of anilines is 1. The van der Waals surface area contributed by atoms with Crippen LogP contribution < -0.4 is 5.73 Å². The van der Waals surface area contributed by atoms with Crippen LogP contribution in [-0.2, 0) is 11.2 Å². The number of hydrogen-bond acceptors (Lipinski definition) is 4. The summed E-state index contributed by atoms with van der Waals surface area (Å²) >= 11 is 0. The minimum Gasteiger partial charge on any atom is -0.464 e. The van der Waals surface area contributed by atoms with Gasteiger partial charge in [0.25, 0.3) is 0 Å². The number of nitrogens with two attached hydrogens (primary N) is 1. The van der Waals surface area contributed by atoms with Crippen LogP contribution >= 0.6 is 0 Å². The van der Waals surface area contributed by atoms with Gasteiger partial charge in [-0.1, -0.05) is 38.5 Å². The second-order valence-corrected chi connectivity index (χ2v) is 6.69. The lowest BCUT2D eigenvalue weighted by molar-refractivity contribution is 0.0592. The number of aromatic nitrogens is 2. The molecule has 2 rings (SSSR count). The van der Waals surface area contributed by atoms with E-state index >= 15 is 0 Å². The molecule has 0 radical (unpaired) electrons. The largest absolute Gasteiger partial charge is 0.464 e. The van der Waals surface area contributed by atoms with Crippen molar-refractivity contribution in [1.29, 1.82) is 0 Å². The molecule has 0 spiro atoms. The van der Waals surface area contributed by atoms with E-state index in [1.807, 2.05) is 31.2 Å². The fourth-order valence-corrected chi connectivity index (χ4v) is 2.31. The van der Waals surface area contributed by atoms with Crippen molar-refractivity contribution in [1.82, 2.24) is 9.78 Å². The van der Waals surface area contributed by atoms with Crippen LogP contribution in [0.25, 0.3) is 5.69 Å². The lowest BCUT2D eigenvalue weighted by atomic mass is 9.88. The molecule has 22 heavy (non-hydrogen) atoms. The molecule has 0 bridgehead atoms. The Morgan fingerprint density at radius 2 is 1.86 bits per heavy atom. The molecule has 118 valence electrons. The first kappa shape index (κ1) is 16.1. The molecule has 0 aliphatic rings. The molecule has 0 atom stereocenters. The number of aryl methyl sites for hydroxylation is 1. The third-order valence-electron chi connectivity index (χ3n) is 3.39. The van der Waals surface area contributed by atoms with E-state index in [1.54, 1.807) is 4.68 Å². The van der Waals surface area contributed by atoms with Crippen molar-refractivity contribution in [2.75, 3.05) is 12.8 Å². The minimum atomic E-state index is -0.461. The van der Waals surface area contributed by atoms with E-state index in [9.17, 15) is 4.79 Å². The Labute approximate surface area is 131 Å². The van der Waals surface area contributed by atoms with E-state index in [-0.39, 0.29) is 11.1 Å². The Bertz CT molecular complexity index is 679. The molecule has 0 fully saturated rings. The number of hydrogen-bond donors (Lipinski definition) is 1. The van der Waals surface area contributed by atoms with Crippen LogP contribution in [-0.4, -0.2) is 22.9 Å². The Morgan fingerprint density at radius 1 is 1.27 bits per heavy atom. The summed E-state index contributed by atoms with van der Waals surface area (Å²) in [6.07, 6.45) is 0.648. The smallest absolute Gasteiger partial charge is 0.358 e. The molecule has 0 amide bonds. The fraction of sp³-hybridized carbons (Fsp3) is 0.412. The summed E-state index contributed by atoms with van der Waals surface area (Å²) < 4.78 is 6.45. The van der Waals surface area contributed by atoms with Crippen molar-refractivity contribution in [2.24, 2.45) is 5.41 Å². The molecule has 5 heteroatoms. The van der Waals surface area contributed by atoms with Gasteiger partial charge in [-0.15, -0.1) is 0 Å². The zero-order valence-electron chi connectivity index (χ0n) is 13.8. The Balaban J connectivity index is 2.57. The molecule has 0 saturated heterocycles. The lowest BCUT2D eigenvalue weighted by Gasteiger charge is -2.18. The third-order valence-corrected chi connectivity index (χ3v) is 3.39. The van der Waals surface area contributed by atoms with Gasteiger partial charge in [-0.3, -0.25) is 0 Å². The van der Waals surface area contributed by atoms with E-state index < -0.39 is 5.97 Å². The van der Waals surface area contributed by atoms with Crippen LogP contribution in [0.1, 0.15) is 42.4 Å². The van der Waals surface area contributed by atoms with Crippen LogP contribution in [0.5, 0.6) is 0 Å². The van der Waals surface area contributed by atoms with Gasteiger partial charge in [-0.05, 0) is 30.9 Å². The highest BCUT2D eigenvalue weighted by Gasteiger charge is 2.26. The van der Waals surface area contributed by atoms with Crippen molar-refractivity contribution in [3.05, 3.63) is 41.1 Å². The molecule has 0 aliphatic heterocycles. The van der Waals surface area contributed by atoms with Crippen LogP contribution in [0.2, 0.25) is 0 Å². The van der Waals surface area contributed by atoms with E-state index in [4.69, 9.17) is 10.5 Å². The molecule has 5 nitrogen and oxygen atoms in total. The Hall–Kier alpha value is -2.30. The maximum atomic E-state index is 12.0. The molecule has 2 N–H and O–H groups in total. The van der Waals surface area contributed by atoms with Gasteiger partial charge in [-0.25, -0.2) is 9.48 Å². The summed E-state index contributed by atoms with van der Waals surface area (Å²) in [5.74, 6) is 0.0241. The second kappa shape index (κ2) is 5.83. The number of ether oxygens (including phenoxy) is 1. The number of carbonyl (C=O) groups is 1. The van der Waals surface area contributed by atoms with E-state index in [0.29, 0.717) is 12.2 Å². The normalized spacial score (nSPS) is 11.5. The van der Waals surface area contributed by atoms with Crippen LogP contribution in [0.3, 0.4) is 0 Å². The molecule has 1 aromatic carbocycles. The van der Waals surface area contributed by atoms with Gasteiger partial charge < -0.3 is 10.5 Å². The number of carbonyl (C=O) groups excluding carboxylic acids is 1. The summed E-state index contributed by atoms with van der Waals surface area (Å²) in [5.41, 5.74) is 9.25. The zero-order chi connectivity index (χ0) is 16.5. The van der Waals surface area contributed by atoms with E-state index in [2.05, 4.69) is 25.9 Å². The summed E-state index contributed by atoms with van der Waals surface area (Å²) in [4.78, 5) is 12.0. The SMILES string of the molecule is COC(=O)c1nn(-c2ccc(C)cc2)c(N)c1CC(C)(C)C. The highest BCUT2D eigenvalue weighted by Crippen LogP contribution is 2.29. The summed E-state index contributed by atoms with van der Waals surface area (Å²) in [6.45, 7) is 8.30. The van der Waals surface area contributed by atoms with Gasteiger partial charge in [-0.2, -0.15) is 5.10 Å². The maximum absolute atomic E-state index is 12.0. The molecule has 0 saturated carbocycles. The highest BCUT2D eigenvalue weighted by molar-refractivity contribution is 5.90. The predicted octanol–water partition coefficient (Wildman–Crippen LogP) is 3.14. The zero-order valence-corrected chi connectivity index (χ0v) is 13.8. The van der Waals surface area contributed by atoms with Crippen molar-refractivity contribution in [3.8, 4) is 5.69 Å². The van der Waals surface area contributed by atoms with Gasteiger partial charge >= 0.3 is 5.97 Å². The Morgan fingerprint density at radius 3 is 2.36 bits per heavy atom. The average molecular weight is 301 g/mol. The monoisotopic (exact) mass is 301 g/mol. The number of benzene rings is 1. The molecule has 0 aliphatic carbocycles. The summed E-state index contributed by atoms with van der Waals surface area (Å²) in [5, 5.41) is 4.38. The maximum Gasteiger partial charge on any atom is 0.358 e. The number of esters is 1. The Kier molecular flexibility index (Phi) is 4.26. The fourth-order valence-electron chi connectivity index (χ4n) is 2.31. The molecular formula is C17H23N3O2.